The number of primary amides is 1. The molecule has 0 atom stereocenters. The van der Waals surface area contributed by atoms with Crippen LogP contribution in [0.2, 0.25) is 5.02 Å². The second-order valence-corrected chi connectivity index (χ2v) is 7.80. The van der Waals surface area contributed by atoms with Gasteiger partial charge in [0.25, 0.3) is 0 Å². The van der Waals surface area contributed by atoms with Gasteiger partial charge < -0.3 is 19.8 Å². The van der Waals surface area contributed by atoms with Crippen molar-refractivity contribution in [3.8, 4) is 5.75 Å². The summed E-state index contributed by atoms with van der Waals surface area (Å²) < 4.78 is 13.1. The molecule has 138 valence electrons. The average Bonchev–Trinajstić information content (AvgIpc) is 3.38. The van der Waals surface area contributed by atoms with E-state index in [1.54, 1.807) is 11.8 Å². The molecule has 1 amide bonds. The second kappa shape index (κ2) is 7.46. The lowest BCUT2D eigenvalue weighted by atomic mass is 10.1. The number of carbonyl (C=O) groups is 1. The zero-order chi connectivity index (χ0) is 18.1. The molecule has 7 nitrogen and oxygen atoms in total. The summed E-state index contributed by atoms with van der Waals surface area (Å²) in [5, 5.41) is 10.1. The Morgan fingerprint density at radius 1 is 1.38 bits per heavy atom. The van der Waals surface area contributed by atoms with Crippen molar-refractivity contribution in [2.24, 2.45) is 5.73 Å². The summed E-state index contributed by atoms with van der Waals surface area (Å²) in [6.45, 7) is 0.755. The standard InChI is InChI=1S/C17H19ClN4O3S/c18-12-5-10-7-24-9-25-16(10)11(6-12)8-26-17-21-20-15(4-3-14(19)23)22(17)13-1-2-13/h5-6,13H,1-4,7-9H2,(H2,19,23). The Morgan fingerprint density at radius 2 is 2.23 bits per heavy atom. The van der Waals surface area contributed by atoms with Gasteiger partial charge in [-0.1, -0.05) is 23.4 Å². The zero-order valence-corrected chi connectivity index (χ0v) is 15.7. The monoisotopic (exact) mass is 394 g/mol. The molecular weight excluding hydrogens is 376 g/mol. The Kier molecular flexibility index (Phi) is 5.06. The number of hydrogen-bond donors (Lipinski definition) is 1. The molecule has 1 aromatic heterocycles. The van der Waals surface area contributed by atoms with Crippen LogP contribution in [0.1, 0.15) is 42.3 Å². The normalized spacial score (nSPS) is 16.2. The van der Waals surface area contributed by atoms with Gasteiger partial charge in [-0.05, 0) is 25.0 Å². The van der Waals surface area contributed by atoms with Crippen LogP contribution in [0.15, 0.2) is 17.3 Å². The van der Waals surface area contributed by atoms with E-state index in [0.717, 1.165) is 40.7 Å². The van der Waals surface area contributed by atoms with E-state index < -0.39 is 0 Å². The van der Waals surface area contributed by atoms with Gasteiger partial charge in [0.2, 0.25) is 5.91 Å². The minimum absolute atomic E-state index is 0.252. The summed E-state index contributed by atoms with van der Waals surface area (Å²) >= 11 is 7.83. The lowest BCUT2D eigenvalue weighted by molar-refractivity contribution is -0.118. The van der Waals surface area contributed by atoms with E-state index in [1.165, 1.54) is 0 Å². The summed E-state index contributed by atoms with van der Waals surface area (Å²) in [6, 6.07) is 4.22. The van der Waals surface area contributed by atoms with Gasteiger partial charge in [-0.15, -0.1) is 10.2 Å². The first-order valence-corrected chi connectivity index (χ1v) is 9.85. The van der Waals surface area contributed by atoms with Gasteiger partial charge in [0, 0.05) is 40.8 Å². The third-order valence-electron chi connectivity index (χ3n) is 4.35. The highest BCUT2D eigenvalue weighted by Gasteiger charge is 2.30. The van der Waals surface area contributed by atoms with E-state index in [4.69, 9.17) is 26.8 Å². The smallest absolute Gasteiger partial charge is 0.217 e. The predicted octanol–water partition coefficient (Wildman–Crippen LogP) is 2.84. The molecule has 2 heterocycles. The van der Waals surface area contributed by atoms with Crippen LogP contribution in [-0.4, -0.2) is 27.5 Å². The molecule has 0 saturated heterocycles. The summed E-state index contributed by atoms with van der Waals surface area (Å²) in [5.41, 5.74) is 7.25. The van der Waals surface area contributed by atoms with Gasteiger partial charge in [0.05, 0.1) is 6.61 Å². The number of halogens is 1. The van der Waals surface area contributed by atoms with Crippen LogP contribution >= 0.6 is 23.4 Å². The van der Waals surface area contributed by atoms with Crippen LogP contribution < -0.4 is 10.5 Å². The fraction of sp³-hybridized carbons (Fsp3) is 0.471. The number of hydrogen-bond acceptors (Lipinski definition) is 6. The molecule has 1 aliphatic heterocycles. The van der Waals surface area contributed by atoms with Crippen molar-refractivity contribution in [1.29, 1.82) is 0 Å². The van der Waals surface area contributed by atoms with Gasteiger partial charge in [-0.25, -0.2) is 0 Å². The number of fused-ring (bicyclic) bond motifs is 1. The van der Waals surface area contributed by atoms with Crippen molar-refractivity contribution in [3.05, 3.63) is 34.1 Å². The van der Waals surface area contributed by atoms with Gasteiger partial charge in [-0.2, -0.15) is 0 Å². The first-order chi connectivity index (χ1) is 12.6. The van der Waals surface area contributed by atoms with Crippen molar-refractivity contribution in [1.82, 2.24) is 14.8 Å². The second-order valence-electron chi connectivity index (χ2n) is 6.42. The predicted molar refractivity (Wildman–Crippen MR) is 97.1 cm³/mol. The molecule has 2 aromatic rings. The molecule has 2 aliphatic rings. The highest BCUT2D eigenvalue weighted by molar-refractivity contribution is 7.98. The number of amides is 1. The quantitative estimate of drug-likeness (QED) is 0.726. The molecule has 9 heteroatoms. The van der Waals surface area contributed by atoms with Gasteiger partial charge in [-0.3, -0.25) is 4.79 Å². The molecule has 26 heavy (non-hydrogen) atoms. The van der Waals surface area contributed by atoms with E-state index in [2.05, 4.69) is 14.8 Å². The Balaban J connectivity index is 1.53. The first kappa shape index (κ1) is 17.6. The Morgan fingerprint density at radius 3 is 3.00 bits per heavy atom. The fourth-order valence-corrected chi connectivity index (χ4v) is 4.27. The van der Waals surface area contributed by atoms with Crippen LogP contribution in [0.25, 0.3) is 0 Å². The topological polar surface area (TPSA) is 92.3 Å². The maximum absolute atomic E-state index is 11.1. The molecule has 4 rings (SSSR count). The Labute approximate surface area is 160 Å². The summed E-state index contributed by atoms with van der Waals surface area (Å²) in [5.74, 6) is 2.02. The Hall–Kier alpha value is -1.77. The fourth-order valence-electron chi connectivity index (χ4n) is 3.02. The number of aromatic nitrogens is 3. The lowest BCUT2D eigenvalue weighted by Crippen LogP contribution is -2.13. The third kappa shape index (κ3) is 3.82. The minimum Gasteiger partial charge on any atom is -0.467 e. The number of benzene rings is 1. The molecular formula is C17H19ClN4O3S. The van der Waals surface area contributed by atoms with Crippen molar-refractivity contribution in [2.45, 2.75) is 49.2 Å². The molecule has 1 fully saturated rings. The van der Waals surface area contributed by atoms with Crippen molar-refractivity contribution in [3.63, 3.8) is 0 Å². The van der Waals surface area contributed by atoms with Gasteiger partial charge >= 0.3 is 0 Å². The van der Waals surface area contributed by atoms with E-state index in [1.807, 2.05) is 12.1 Å². The van der Waals surface area contributed by atoms with Gasteiger partial charge in [0.1, 0.15) is 11.6 Å². The first-order valence-electron chi connectivity index (χ1n) is 8.48. The van der Waals surface area contributed by atoms with E-state index >= 15 is 0 Å². The summed E-state index contributed by atoms with van der Waals surface area (Å²) in [6.07, 6.45) is 3.03. The van der Waals surface area contributed by atoms with Crippen molar-refractivity contribution in [2.75, 3.05) is 6.79 Å². The van der Waals surface area contributed by atoms with Crippen LogP contribution in [0.3, 0.4) is 0 Å². The SMILES string of the molecule is NC(=O)CCc1nnc(SCc2cc(Cl)cc3c2OCOC3)n1C1CC1. The van der Waals surface area contributed by atoms with Crippen LogP contribution in [0.5, 0.6) is 5.75 Å². The number of aryl methyl sites for hydroxylation is 1. The molecule has 0 unspecified atom stereocenters. The molecule has 0 radical (unpaired) electrons. The molecule has 0 spiro atoms. The zero-order valence-electron chi connectivity index (χ0n) is 14.1. The Bertz CT molecular complexity index is 838. The number of nitrogens with two attached hydrogens (primary N) is 1. The molecule has 1 saturated carbocycles. The molecule has 1 aliphatic carbocycles. The number of rotatable bonds is 7. The third-order valence-corrected chi connectivity index (χ3v) is 5.56. The van der Waals surface area contributed by atoms with Crippen LogP contribution in [0, 0.1) is 0 Å². The summed E-state index contributed by atoms with van der Waals surface area (Å²) in [7, 11) is 0. The highest BCUT2D eigenvalue weighted by Crippen LogP contribution is 2.41. The maximum atomic E-state index is 11.1. The molecule has 2 N–H and O–H groups in total. The number of thioether (sulfide) groups is 1. The van der Waals surface area contributed by atoms with E-state index in [-0.39, 0.29) is 19.1 Å². The number of ether oxygens (including phenoxy) is 2. The lowest BCUT2D eigenvalue weighted by Gasteiger charge is -2.21. The van der Waals surface area contributed by atoms with E-state index in [0.29, 0.717) is 29.8 Å². The molecule has 0 bridgehead atoms. The van der Waals surface area contributed by atoms with Crippen molar-refractivity contribution >= 4 is 29.3 Å². The minimum atomic E-state index is -0.325. The number of nitrogens with zero attached hydrogens (tertiary/aromatic N) is 3. The highest BCUT2D eigenvalue weighted by atomic mass is 35.5. The van der Waals surface area contributed by atoms with Crippen LogP contribution in [-0.2, 0) is 28.3 Å². The van der Waals surface area contributed by atoms with Crippen LogP contribution in [0.4, 0.5) is 0 Å². The number of carbonyl (C=O) groups excluding carboxylic acids is 1. The maximum Gasteiger partial charge on any atom is 0.217 e. The average molecular weight is 395 g/mol. The summed E-state index contributed by atoms with van der Waals surface area (Å²) in [4.78, 5) is 11.1. The molecule has 1 aromatic carbocycles. The van der Waals surface area contributed by atoms with Crippen molar-refractivity contribution < 1.29 is 14.3 Å². The van der Waals surface area contributed by atoms with E-state index in [9.17, 15) is 4.79 Å². The van der Waals surface area contributed by atoms with Gasteiger partial charge in [0.15, 0.2) is 11.9 Å². The largest absolute Gasteiger partial charge is 0.467 e.